The van der Waals surface area contributed by atoms with Crippen molar-refractivity contribution < 1.29 is 79.7 Å². The SMILES string of the molecule is CCCCCCCCC(O)CC(F)(F)C(F)(F)C(F)(F)C(F)(F)C(F)(F)C(F)(F)C(F)(F)C(F)(F)F. The highest BCUT2D eigenvalue weighted by molar-refractivity contribution is 5.15. The Labute approximate surface area is 193 Å². The second kappa shape index (κ2) is 10.9. The molecule has 0 amide bonds. The molecule has 18 heteroatoms. The second-order valence-corrected chi connectivity index (χ2v) is 8.06. The fraction of sp³-hybridized carbons (Fsp3) is 1.00. The van der Waals surface area contributed by atoms with E-state index in [9.17, 15) is 79.7 Å². The van der Waals surface area contributed by atoms with Crippen molar-refractivity contribution in [2.24, 2.45) is 0 Å². The van der Waals surface area contributed by atoms with E-state index < -0.39 is 66.6 Å². The fourth-order valence-corrected chi connectivity index (χ4v) is 2.88. The molecule has 0 saturated heterocycles. The third kappa shape index (κ3) is 5.92. The van der Waals surface area contributed by atoms with Crippen molar-refractivity contribution in [2.75, 3.05) is 0 Å². The molecule has 36 heavy (non-hydrogen) atoms. The molecule has 0 fully saturated rings. The fourth-order valence-electron chi connectivity index (χ4n) is 2.88. The summed E-state index contributed by atoms with van der Waals surface area (Å²) in [7, 11) is 0. The van der Waals surface area contributed by atoms with E-state index in [4.69, 9.17) is 0 Å². The predicted molar refractivity (Wildman–Crippen MR) is 89.3 cm³/mol. The van der Waals surface area contributed by atoms with Gasteiger partial charge in [0.1, 0.15) is 0 Å². The first-order valence-electron chi connectivity index (χ1n) is 10.1. The van der Waals surface area contributed by atoms with Crippen molar-refractivity contribution >= 4 is 0 Å². The van der Waals surface area contributed by atoms with Gasteiger partial charge in [0, 0.05) is 6.42 Å². The van der Waals surface area contributed by atoms with Gasteiger partial charge in [-0.05, 0) is 6.42 Å². The maximum Gasteiger partial charge on any atom is 0.460 e. The summed E-state index contributed by atoms with van der Waals surface area (Å²) in [6.45, 7) is 1.82. The van der Waals surface area contributed by atoms with Gasteiger partial charge < -0.3 is 5.11 Å². The van der Waals surface area contributed by atoms with Crippen LogP contribution in [-0.4, -0.2) is 58.8 Å². The zero-order valence-corrected chi connectivity index (χ0v) is 18.1. The van der Waals surface area contributed by atoms with E-state index in [0.717, 1.165) is 12.8 Å². The average Bonchev–Trinajstić information content (AvgIpc) is 2.68. The van der Waals surface area contributed by atoms with E-state index in [1.165, 1.54) is 0 Å². The Morgan fingerprint density at radius 2 is 0.806 bits per heavy atom. The van der Waals surface area contributed by atoms with Crippen LogP contribution in [-0.2, 0) is 0 Å². The van der Waals surface area contributed by atoms with E-state index in [-0.39, 0.29) is 12.8 Å². The Morgan fingerprint density at radius 3 is 1.19 bits per heavy atom. The first kappa shape index (κ1) is 34.8. The Balaban J connectivity index is 6.00. The molecular weight excluding hydrogens is 555 g/mol. The average molecular weight is 576 g/mol. The van der Waals surface area contributed by atoms with Crippen molar-refractivity contribution in [1.82, 2.24) is 0 Å². The van der Waals surface area contributed by atoms with Crippen molar-refractivity contribution in [3.05, 3.63) is 0 Å². The molecule has 0 bridgehead atoms. The summed E-state index contributed by atoms with van der Waals surface area (Å²) < 4.78 is 224. The lowest BCUT2D eigenvalue weighted by molar-refractivity contribution is -0.462. The van der Waals surface area contributed by atoms with Gasteiger partial charge in [0.15, 0.2) is 0 Å². The summed E-state index contributed by atoms with van der Waals surface area (Å²) in [4.78, 5) is 0. The molecule has 0 aromatic heterocycles. The molecule has 1 unspecified atom stereocenters. The third-order valence-electron chi connectivity index (χ3n) is 5.17. The number of hydrogen-bond donors (Lipinski definition) is 1. The standard InChI is InChI=1S/C18H21F17O/c1-2-3-4-5-6-7-8-10(36)9-11(19,20)12(21,22)13(23,24)14(25,26)15(27,28)16(29,30)17(31,32)18(33,34)35/h10,36H,2-9H2,1H3. The van der Waals surface area contributed by atoms with Crippen LogP contribution in [0.4, 0.5) is 74.6 Å². The zero-order chi connectivity index (χ0) is 29.2. The van der Waals surface area contributed by atoms with Crippen LogP contribution < -0.4 is 0 Å². The summed E-state index contributed by atoms with van der Waals surface area (Å²) in [6.07, 6.45) is -11.3. The molecule has 0 radical (unpaired) electrons. The summed E-state index contributed by atoms with van der Waals surface area (Å²) in [6, 6.07) is 0. The molecule has 0 saturated carbocycles. The largest absolute Gasteiger partial charge is 0.460 e. The lowest BCUT2D eigenvalue weighted by Crippen LogP contribution is -2.74. The van der Waals surface area contributed by atoms with Gasteiger partial charge in [0.2, 0.25) is 0 Å². The molecule has 0 aromatic carbocycles. The number of aliphatic hydroxyl groups excluding tert-OH is 1. The van der Waals surface area contributed by atoms with Crippen molar-refractivity contribution in [3.8, 4) is 0 Å². The van der Waals surface area contributed by atoms with Crippen molar-refractivity contribution in [3.63, 3.8) is 0 Å². The Bertz CT molecular complexity index is 698. The number of halogens is 17. The van der Waals surface area contributed by atoms with Crippen molar-refractivity contribution in [2.45, 2.75) is 112 Å². The minimum absolute atomic E-state index is 0.171. The van der Waals surface area contributed by atoms with Gasteiger partial charge in [-0.2, -0.15) is 74.6 Å². The van der Waals surface area contributed by atoms with Crippen LogP contribution in [0, 0.1) is 0 Å². The third-order valence-corrected chi connectivity index (χ3v) is 5.17. The van der Waals surface area contributed by atoms with Crippen LogP contribution in [0.15, 0.2) is 0 Å². The highest BCUT2D eigenvalue weighted by Gasteiger charge is 2.95. The van der Waals surface area contributed by atoms with E-state index in [0.29, 0.717) is 12.8 Å². The Kier molecular flexibility index (Phi) is 10.5. The normalized spacial score (nSPS) is 16.4. The number of rotatable bonds is 15. The number of hydrogen-bond acceptors (Lipinski definition) is 1. The Morgan fingerprint density at radius 1 is 0.472 bits per heavy atom. The van der Waals surface area contributed by atoms with Crippen molar-refractivity contribution in [1.29, 1.82) is 0 Å². The minimum atomic E-state index is -8.64. The van der Waals surface area contributed by atoms with E-state index >= 15 is 0 Å². The molecule has 0 aliphatic rings. The van der Waals surface area contributed by atoms with Crippen LogP contribution in [0.5, 0.6) is 0 Å². The monoisotopic (exact) mass is 576 g/mol. The van der Waals surface area contributed by atoms with Crippen LogP contribution in [0.1, 0.15) is 58.3 Å². The number of aliphatic hydroxyl groups is 1. The maximum atomic E-state index is 13.8. The van der Waals surface area contributed by atoms with Crippen LogP contribution in [0.3, 0.4) is 0 Å². The molecule has 1 atom stereocenters. The first-order chi connectivity index (χ1) is 15.7. The Hall–Kier alpha value is -1.23. The molecule has 0 aliphatic heterocycles. The second-order valence-electron chi connectivity index (χ2n) is 8.06. The quantitative estimate of drug-likeness (QED) is 0.153. The predicted octanol–water partition coefficient (Wildman–Crippen LogP) is 8.50. The van der Waals surface area contributed by atoms with Gasteiger partial charge in [-0.25, -0.2) is 0 Å². The van der Waals surface area contributed by atoms with Crippen LogP contribution in [0.25, 0.3) is 0 Å². The maximum absolute atomic E-state index is 13.8. The summed E-state index contributed by atoms with van der Waals surface area (Å²) >= 11 is 0. The van der Waals surface area contributed by atoms with Gasteiger partial charge in [-0.15, -0.1) is 0 Å². The molecule has 0 rings (SSSR count). The topological polar surface area (TPSA) is 20.2 Å². The van der Waals surface area contributed by atoms with Gasteiger partial charge in [-0.3, -0.25) is 0 Å². The molecule has 0 heterocycles. The molecule has 0 aliphatic carbocycles. The highest BCUT2D eigenvalue weighted by atomic mass is 19.4. The molecule has 0 spiro atoms. The van der Waals surface area contributed by atoms with E-state index in [1.807, 2.05) is 6.92 Å². The number of alkyl halides is 17. The lowest BCUT2D eigenvalue weighted by atomic mass is 9.87. The molecule has 1 N–H and O–H groups in total. The first-order valence-corrected chi connectivity index (χ1v) is 10.1. The summed E-state index contributed by atoms with van der Waals surface area (Å²) in [5, 5.41) is 9.37. The van der Waals surface area contributed by atoms with Crippen LogP contribution >= 0.6 is 0 Å². The number of unbranched alkanes of at least 4 members (excludes halogenated alkanes) is 5. The minimum Gasteiger partial charge on any atom is -0.393 e. The molecule has 218 valence electrons. The smallest absolute Gasteiger partial charge is 0.393 e. The van der Waals surface area contributed by atoms with Gasteiger partial charge in [0.25, 0.3) is 0 Å². The van der Waals surface area contributed by atoms with E-state index in [2.05, 4.69) is 0 Å². The molecule has 1 nitrogen and oxygen atoms in total. The lowest BCUT2D eigenvalue weighted by Gasteiger charge is -2.43. The summed E-state index contributed by atoms with van der Waals surface area (Å²) in [5.74, 6) is -56.5. The molecule has 0 aromatic rings. The van der Waals surface area contributed by atoms with Gasteiger partial charge in [0.05, 0.1) is 6.10 Å². The summed E-state index contributed by atoms with van der Waals surface area (Å²) in [5.41, 5.74) is 0. The highest BCUT2D eigenvalue weighted by Crippen LogP contribution is 2.64. The van der Waals surface area contributed by atoms with E-state index in [1.54, 1.807) is 0 Å². The van der Waals surface area contributed by atoms with Gasteiger partial charge >= 0.3 is 47.6 Å². The van der Waals surface area contributed by atoms with Crippen LogP contribution in [0.2, 0.25) is 0 Å². The zero-order valence-electron chi connectivity index (χ0n) is 18.1. The van der Waals surface area contributed by atoms with Gasteiger partial charge in [-0.1, -0.05) is 45.4 Å². The molecular formula is C18H21F17O.